The zero-order valence-electron chi connectivity index (χ0n) is 13.2. The predicted molar refractivity (Wildman–Crippen MR) is 86.6 cm³/mol. The number of likely N-dealkylation sites (tertiary alicyclic amines) is 1. The van der Waals surface area contributed by atoms with Gasteiger partial charge in [-0.15, -0.1) is 11.3 Å². The summed E-state index contributed by atoms with van der Waals surface area (Å²) in [5, 5.41) is 13.8. The van der Waals surface area contributed by atoms with Gasteiger partial charge in [0.1, 0.15) is 5.01 Å². The molecule has 1 saturated heterocycles. The second-order valence-electron chi connectivity index (χ2n) is 6.78. The smallest absolute Gasteiger partial charge is 0.255 e. The molecular weight excluding hydrogens is 298 g/mol. The number of thiazole rings is 1. The molecule has 1 saturated carbocycles. The molecule has 1 aliphatic carbocycles. The van der Waals surface area contributed by atoms with Gasteiger partial charge in [-0.2, -0.15) is 0 Å². The first-order valence-electron chi connectivity index (χ1n) is 8.15. The first-order chi connectivity index (χ1) is 10.6. The van der Waals surface area contributed by atoms with Gasteiger partial charge in [0.05, 0.1) is 6.54 Å². The molecule has 1 aliphatic heterocycles. The number of carbonyl (C=O) groups is 1. The summed E-state index contributed by atoms with van der Waals surface area (Å²) in [6.45, 7) is 2.69. The Hall–Kier alpha value is -0.980. The van der Waals surface area contributed by atoms with E-state index < -0.39 is 5.60 Å². The number of aliphatic hydroxyl groups is 1. The lowest BCUT2D eigenvalue weighted by atomic mass is 9.83. The minimum Gasteiger partial charge on any atom is -0.379 e. The molecule has 0 aromatic carbocycles. The Balaban J connectivity index is 1.58. The maximum Gasteiger partial charge on any atom is 0.255 e. The molecule has 22 heavy (non-hydrogen) atoms. The van der Waals surface area contributed by atoms with Gasteiger partial charge in [-0.05, 0) is 38.6 Å². The highest BCUT2D eigenvalue weighted by molar-refractivity contribution is 7.09. The summed E-state index contributed by atoms with van der Waals surface area (Å²) in [5.41, 5.74) is -1.23. The van der Waals surface area contributed by atoms with Crippen molar-refractivity contribution in [1.82, 2.24) is 14.8 Å². The zero-order valence-corrected chi connectivity index (χ0v) is 14.0. The van der Waals surface area contributed by atoms with Crippen molar-refractivity contribution in [3.8, 4) is 0 Å². The monoisotopic (exact) mass is 323 g/mol. The van der Waals surface area contributed by atoms with Crippen LogP contribution in [0.2, 0.25) is 0 Å². The van der Waals surface area contributed by atoms with E-state index in [4.69, 9.17) is 0 Å². The fraction of sp³-hybridized carbons (Fsp3) is 0.750. The van der Waals surface area contributed by atoms with Crippen LogP contribution in [-0.4, -0.2) is 58.1 Å². The Morgan fingerprint density at radius 1 is 1.50 bits per heavy atom. The van der Waals surface area contributed by atoms with Crippen molar-refractivity contribution in [2.45, 2.75) is 44.2 Å². The van der Waals surface area contributed by atoms with Crippen LogP contribution in [0.25, 0.3) is 0 Å². The fourth-order valence-electron chi connectivity index (χ4n) is 3.44. The highest BCUT2D eigenvalue weighted by Gasteiger charge is 2.43. The van der Waals surface area contributed by atoms with Gasteiger partial charge in [-0.3, -0.25) is 9.69 Å². The molecule has 2 fully saturated rings. The Labute approximate surface area is 135 Å². The van der Waals surface area contributed by atoms with Gasteiger partial charge < -0.3 is 10.0 Å². The Morgan fingerprint density at radius 3 is 2.95 bits per heavy atom. The lowest BCUT2D eigenvalue weighted by molar-refractivity contribution is -0.160. The van der Waals surface area contributed by atoms with Crippen LogP contribution >= 0.6 is 11.3 Å². The van der Waals surface area contributed by atoms with Gasteiger partial charge in [-0.25, -0.2) is 4.98 Å². The van der Waals surface area contributed by atoms with Crippen LogP contribution in [0.15, 0.2) is 11.6 Å². The molecule has 2 heterocycles. The first kappa shape index (κ1) is 15.9. The Bertz CT molecular complexity index is 503. The lowest BCUT2D eigenvalue weighted by Crippen LogP contribution is -2.59. The molecular formula is C16H25N3O2S. The van der Waals surface area contributed by atoms with Gasteiger partial charge in [0.15, 0.2) is 5.60 Å². The Kier molecular flexibility index (Phi) is 4.80. The second kappa shape index (κ2) is 6.64. The number of piperidine rings is 1. The summed E-state index contributed by atoms with van der Waals surface area (Å²) >= 11 is 1.60. The summed E-state index contributed by atoms with van der Waals surface area (Å²) in [4.78, 5) is 20.9. The van der Waals surface area contributed by atoms with E-state index in [1.165, 1.54) is 19.3 Å². The van der Waals surface area contributed by atoms with E-state index in [0.717, 1.165) is 24.5 Å². The number of amides is 1. The zero-order chi connectivity index (χ0) is 15.6. The molecule has 1 N–H and O–H groups in total. The standard InChI is InChI=1S/C16H25N3O2S/c1-18(11-14-17-7-9-22-14)12-16(21)6-3-8-19(15(16)20)10-13-4-2-5-13/h7,9,13,21H,2-6,8,10-12H2,1H3/t16-/m0/s1. The maximum atomic E-state index is 12.7. The SMILES string of the molecule is CN(Cc1nccs1)C[C@@]1(O)CCCN(CC2CCC2)C1=O. The number of hydrogen-bond donors (Lipinski definition) is 1. The third kappa shape index (κ3) is 3.50. The topological polar surface area (TPSA) is 56.7 Å². The fourth-order valence-corrected chi connectivity index (χ4v) is 4.13. The van der Waals surface area contributed by atoms with Crippen LogP contribution in [0.1, 0.15) is 37.1 Å². The van der Waals surface area contributed by atoms with Gasteiger partial charge in [0, 0.05) is 31.2 Å². The lowest BCUT2D eigenvalue weighted by Gasteiger charge is -2.42. The number of rotatable bonds is 6. The molecule has 1 atom stereocenters. The third-order valence-electron chi connectivity index (χ3n) is 4.83. The predicted octanol–water partition coefficient (Wildman–Crippen LogP) is 1.73. The summed E-state index contributed by atoms with van der Waals surface area (Å²) < 4.78 is 0. The molecule has 1 amide bonds. The minimum absolute atomic E-state index is 0.0726. The normalized spacial score (nSPS) is 26.5. The van der Waals surface area contributed by atoms with E-state index in [2.05, 4.69) is 4.98 Å². The minimum atomic E-state index is -1.23. The summed E-state index contributed by atoms with van der Waals surface area (Å²) in [5.74, 6) is 0.580. The molecule has 0 unspecified atom stereocenters. The molecule has 5 nitrogen and oxygen atoms in total. The van der Waals surface area contributed by atoms with Gasteiger partial charge in [0.2, 0.25) is 0 Å². The van der Waals surface area contributed by atoms with Crippen molar-refractivity contribution >= 4 is 17.2 Å². The van der Waals surface area contributed by atoms with Crippen molar-refractivity contribution < 1.29 is 9.90 Å². The van der Waals surface area contributed by atoms with Crippen LogP contribution in [0, 0.1) is 5.92 Å². The molecule has 0 spiro atoms. The molecule has 6 heteroatoms. The van der Waals surface area contributed by atoms with E-state index in [1.807, 2.05) is 22.2 Å². The van der Waals surface area contributed by atoms with E-state index >= 15 is 0 Å². The number of hydrogen-bond acceptors (Lipinski definition) is 5. The highest BCUT2D eigenvalue weighted by atomic mass is 32.1. The van der Waals surface area contributed by atoms with Crippen molar-refractivity contribution in [1.29, 1.82) is 0 Å². The van der Waals surface area contributed by atoms with Crippen molar-refractivity contribution in [3.63, 3.8) is 0 Å². The number of likely N-dealkylation sites (N-methyl/N-ethyl adjacent to an activating group) is 1. The van der Waals surface area contributed by atoms with E-state index in [9.17, 15) is 9.90 Å². The number of aromatic nitrogens is 1. The average molecular weight is 323 g/mol. The van der Waals surface area contributed by atoms with Crippen LogP contribution in [-0.2, 0) is 11.3 Å². The molecule has 0 bridgehead atoms. The third-order valence-corrected chi connectivity index (χ3v) is 5.59. The molecule has 1 aromatic rings. The summed E-state index contributed by atoms with van der Waals surface area (Å²) in [6.07, 6.45) is 6.98. The van der Waals surface area contributed by atoms with Crippen molar-refractivity contribution in [2.75, 3.05) is 26.7 Å². The number of nitrogens with zero attached hydrogens (tertiary/aromatic N) is 3. The quantitative estimate of drug-likeness (QED) is 0.866. The van der Waals surface area contributed by atoms with Crippen molar-refractivity contribution in [2.24, 2.45) is 5.92 Å². The van der Waals surface area contributed by atoms with Gasteiger partial charge in [0.25, 0.3) is 5.91 Å². The van der Waals surface area contributed by atoms with Gasteiger partial charge in [-0.1, -0.05) is 6.42 Å². The van der Waals surface area contributed by atoms with E-state index in [-0.39, 0.29) is 5.91 Å². The van der Waals surface area contributed by atoms with Crippen LogP contribution < -0.4 is 0 Å². The van der Waals surface area contributed by atoms with E-state index in [0.29, 0.717) is 25.4 Å². The van der Waals surface area contributed by atoms with Crippen molar-refractivity contribution in [3.05, 3.63) is 16.6 Å². The van der Waals surface area contributed by atoms with Crippen LogP contribution in [0.4, 0.5) is 0 Å². The number of carbonyl (C=O) groups excluding carboxylic acids is 1. The second-order valence-corrected chi connectivity index (χ2v) is 7.76. The summed E-state index contributed by atoms with van der Waals surface area (Å²) in [6, 6.07) is 0. The van der Waals surface area contributed by atoms with Crippen LogP contribution in [0.3, 0.4) is 0 Å². The highest BCUT2D eigenvalue weighted by Crippen LogP contribution is 2.30. The Morgan fingerprint density at radius 2 is 2.32 bits per heavy atom. The average Bonchev–Trinajstić information content (AvgIpc) is 2.91. The molecule has 3 rings (SSSR count). The first-order valence-corrected chi connectivity index (χ1v) is 9.03. The van der Waals surface area contributed by atoms with E-state index in [1.54, 1.807) is 17.5 Å². The maximum absolute atomic E-state index is 12.7. The van der Waals surface area contributed by atoms with Crippen LogP contribution in [0.5, 0.6) is 0 Å². The molecule has 0 radical (unpaired) electrons. The molecule has 122 valence electrons. The molecule has 2 aliphatic rings. The van der Waals surface area contributed by atoms with Gasteiger partial charge >= 0.3 is 0 Å². The largest absolute Gasteiger partial charge is 0.379 e. The summed E-state index contributed by atoms with van der Waals surface area (Å²) in [7, 11) is 1.94. The molecule has 1 aromatic heterocycles.